The van der Waals surface area contributed by atoms with Crippen molar-refractivity contribution in [2.75, 3.05) is 24.0 Å². The summed E-state index contributed by atoms with van der Waals surface area (Å²) in [5, 5.41) is 11.4. The number of hydrogen-bond acceptors (Lipinski definition) is 8. The first-order chi connectivity index (χ1) is 18.4. The molecule has 13 heteroatoms. The minimum Gasteiger partial charge on any atom is -0.399 e. The molecule has 0 amide bonds. The SMILES string of the molecule is Nc1nc(Cl)nc2c1[NH+](c1cc(F)c(F)cc1C1CC1)[N-]N2C1C[C@H](OCCO)[C@H]2OC3(CCCC3)O[C@@H]12. The summed E-state index contributed by atoms with van der Waals surface area (Å²) in [6, 6.07) is 2.07. The molecule has 1 spiro atoms. The van der Waals surface area contributed by atoms with Gasteiger partial charge < -0.3 is 40.6 Å². The van der Waals surface area contributed by atoms with Gasteiger partial charge in [0.1, 0.15) is 17.9 Å². The molecule has 1 aromatic carbocycles. The number of fused-ring (bicyclic) bond motifs is 2. The Morgan fingerprint density at radius 1 is 1.18 bits per heavy atom. The van der Waals surface area contributed by atoms with Crippen molar-refractivity contribution >= 4 is 34.6 Å². The molecule has 4 fully saturated rings. The molecule has 204 valence electrons. The second-order valence-electron chi connectivity index (χ2n) is 10.7. The highest BCUT2D eigenvalue weighted by molar-refractivity contribution is 6.28. The van der Waals surface area contributed by atoms with Crippen LogP contribution in [-0.2, 0) is 14.2 Å². The topological polar surface area (TPSA) is 122 Å². The van der Waals surface area contributed by atoms with Crippen molar-refractivity contribution in [2.24, 2.45) is 0 Å². The van der Waals surface area contributed by atoms with Crippen LogP contribution >= 0.6 is 11.6 Å². The fraction of sp³-hybridized carbons (Fsp3) is 0.600. The minimum atomic E-state index is -0.963. The van der Waals surface area contributed by atoms with E-state index >= 15 is 0 Å². The number of rotatable bonds is 6. The summed E-state index contributed by atoms with van der Waals surface area (Å²) >= 11 is 6.24. The lowest BCUT2D eigenvalue weighted by Gasteiger charge is -2.39. The molecular formula is C25H29ClF2N6O4. The van der Waals surface area contributed by atoms with Crippen LogP contribution in [0.4, 0.5) is 31.8 Å². The monoisotopic (exact) mass is 550 g/mol. The van der Waals surface area contributed by atoms with Gasteiger partial charge in [0.2, 0.25) is 11.0 Å². The maximum absolute atomic E-state index is 14.5. The number of nitrogen functional groups attached to an aromatic ring is 1. The zero-order chi connectivity index (χ0) is 26.2. The van der Waals surface area contributed by atoms with E-state index in [0.29, 0.717) is 34.2 Å². The smallest absolute Gasteiger partial charge is 0.226 e. The molecule has 2 aromatic rings. The zero-order valence-electron chi connectivity index (χ0n) is 20.6. The van der Waals surface area contributed by atoms with Gasteiger partial charge in [-0.25, -0.2) is 8.78 Å². The molecule has 0 bridgehead atoms. The third-order valence-corrected chi connectivity index (χ3v) is 8.43. The number of aromatic nitrogens is 2. The van der Waals surface area contributed by atoms with Gasteiger partial charge in [-0.3, -0.25) is 0 Å². The first-order valence-corrected chi connectivity index (χ1v) is 13.5. The van der Waals surface area contributed by atoms with Gasteiger partial charge in [0.05, 0.1) is 19.3 Å². The van der Waals surface area contributed by atoms with Crippen molar-refractivity contribution < 1.29 is 33.1 Å². The molecule has 2 aliphatic heterocycles. The van der Waals surface area contributed by atoms with Gasteiger partial charge in [-0.05, 0) is 55.7 Å². The number of hydrogen-bond donors (Lipinski definition) is 3. The number of anilines is 2. The van der Waals surface area contributed by atoms with Crippen LogP contribution < -0.4 is 15.8 Å². The van der Waals surface area contributed by atoms with E-state index in [-0.39, 0.29) is 48.5 Å². The molecule has 5 atom stereocenters. The molecule has 2 unspecified atom stereocenters. The number of quaternary nitrogens is 1. The number of halogens is 3. The van der Waals surface area contributed by atoms with Gasteiger partial charge in [0, 0.05) is 30.5 Å². The predicted molar refractivity (Wildman–Crippen MR) is 132 cm³/mol. The van der Waals surface area contributed by atoms with Gasteiger partial charge in [-0.15, -0.1) is 0 Å². The first kappa shape index (κ1) is 24.8. The standard InChI is InChI=1S/C25H29ClF2N6O4/c26-24-30-22(29)19-23(31-24)34(32-33(19)16-10-15(28)14(27)9-13(16)12-3-4-12)17-11-18(36-8-7-35)21-20(17)37-25(38-21)5-1-2-6-25/h9-10,12,17-18,20-21,33,35H,1-8,11H2,(H2,29,30,31)/t17?,18-,20-,21+/m0/s1. The maximum atomic E-state index is 14.5. The Balaban J connectivity index is 1.29. The third kappa shape index (κ3) is 3.96. The van der Waals surface area contributed by atoms with E-state index in [1.54, 1.807) is 5.01 Å². The van der Waals surface area contributed by atoms with Gasteiger partial charge in [0.25, 0.3) is 0 Å². The largest absolute Gasteiger partial charge is 0.399 e. The van der Waals surface area contributed by atoms with Gasteiger partial charge in [-0.2, -0.15) is 9.97 Å². The molecule has 3 saturated carbocycles. The molecule has 4 N–H and O–H groups in total. The van der Waals surface area contributed by atoms with E-state index in [1.807, 2.05) is 0 Å². The highest BCUT2D eigenvalue weighted by atomic mass is 35.5. The fourth-order valence-electron chi connectivity index (χ4n) is 6.46. The van der Waals surface area contributed by atoms with Crippen molar-refractivity contribution in [3.05, 3.63) is 40.1 Å². The maximum Gasteiger partial charge on any atom is 0.226 e. The summed E-state index contributed by atoms with van der Waals surface area (Å²) in [7, 11) is 0. The van der Waals surface area contributed by atoms with E-state index in [2.05, 4.69) is 9.97 Å². The normalized spacial score (nSPS) is 31.4. The van der Waals surface area contributed by atoms with Gasteiger partial charge >= 0.3 is 0 Å². The Hall–Kier alpha value is -2.19. The number of aliphatic hydroxyl groups excluding tert-OH is 1. The fourth-order valence-corrected chi connectivity index (χ4v) is 6.63. The first-order valence-electron chi connectivity index (χ1n) is 13.2. The van der Waals surface area contributed by atoms with Gasteiger partial charge in [-0.1, -0.05) is 0 Å². The average molecular weight is 551 g/mol. The number of benzene rings is 1. The number of nitrogens with one attached hydrogen (secondary N) is 1. The number of nitrogens with zero attached hydrogens (tertiary/aromatic N) is 4. The molecule has 7 rings (SSSR count). The van der Waals surface area contributed by atoms with Crippen LogP contribution in [-0.4, -0.2) is 58.4 Å². The van der Waals surface area contributed by atoms with Crippen molar-refractivity contribution in [1.29, 1.82) is 0 Å². The Labute approximate surface area is 222 Å². The number of nitrogens with two attached hydrogens (primary N) is 1. The van der Waals surface area contributed by atoms with Crippen LogP contribution in [0.2, 0.25) is 5.28 Å². The molecule has 10 nitrogen and oxygen atoms in total. The van der Waals surface area contributed by atoms with E-state index in [9.17, 15) is 13.9 Å². The third-order valence-electron chi connectivity index (χ3n) is 8.26. The van der Waals surface area contributed by atoms with Crippen LogP contribution in [0.15, 0.2) is 12.1 Å². The van der Waals surface area contributed by atoms with Crippen LogP contribution in [0, 0.1) is 11.6 Å². The highest BCUT2D eigenvalue weighted by Gasteiger charge is 2.59. The molecular weight excluding hydrogens is 522 g/mol. The van der Waals surface area contributed by atoms with Crippen molar-refractivity contribution in [2.45, 2.75) is 81.0 Å². The van der Waals surface area contributed by atoms with Crippen LogP contribution in [0.5, 0.6) is 0 Å². The summed E-state index contributed by atoms with van der Waals surface area (Å²) in [6.45, 7) is 0.0570. The Bertz CT molecular complexity index is 1260. The second kappa shape index (κ2) is 9.19. The minimum absolute atomic E-state index is 0.0473. The van der Waals surface area contributed by atoms with Crippen molar-refractivity contribution in [3.63, 3.8) is 0 Å². The molecule has 5 aliphatic rings. The molecule has 1 aromatic heterocycles. The average Bonchev–Trinajstić information content (AvgIpc) is 3.19. The quantitative estimate of drug-likeness (QED) is 0.469. The van der Waals surface area contributed by atoms with E-state index in [4.69, 9.17) is 37.1 Å². The second-order valence-corrected chi connectivity index (χ2v) is 11.1. The molecule has 3 heterocycles. The molecule has 1 saturated heterocycles. The number of ether oxygens (including phenoxy) is 3. The van der Waals surface area contributed by atoms with Crippen LogP contribution in [0.1, 0.15) is 56.4 Å². The van der Waals surface area contributed by atoms with Crippen LogP contribution in [0.25, 0.3) is 5.53 Å². The molecule has 0 radical (unpaired) electrons. The lowest BCUT2D eigenvalue weighted by atomic mass is 10.1. The van der Waals surface area contributed by atoms with E-state index in [0.717, 1.165) is 38.5 Å². The lowest BCUT2D eigenvalue weighted by molar-refractivity contribution is -0.711. The zero-order valence-corrected chi connectivity index (χ0v) is 21.3. The summed E-state index contributed by atoms with van der Waals surface area (Å²) in [5.74, 6) is -1.92. The predicted octanol–water partition coefficient (Wildman–Crippen LogP) is 2.94. The highest BCUT2D eigenvalue weighted by Crippen LogP contribution is 2.51. The summed E-state index contributed by atoms with van der Waals surface area (Å²) < 4.78 is 47.9. The van der Waals surface area contributed by atoms with Gasteiger partial charge in [0.15, 0.2) is 29.1 Å². The molecule has 38 heavy (non-hydrogen) atoms. The van der Waals surface area contributed by atoms with Crippen LogP contribution in [0.3, 0.4) is 0 Å². The van der Waals surface area contributed by atoms with Crippen molar-refractivity contribution in [3.8, 4) is 0 Å². The Morgan fingerprint density at radius 3 is 2.66 bits per heavy atom. The Kier molecular flexibility index (Phi) is 6.00. The Morgan fingerprint density at radius 2 is 1.92 bits per heavy atom. The summed E-state index contributed by atoms with van der Waals surface area (Å²) in [6.07, 6.45) is 4.80. The summed E-state index contributed by atoms with van der Waals surface area (Å²) in [5.41, 5.74) is 12.8. The lowest BCUT2D eigenvalue weighted by Crippen LogP contribution is -2.97. The van der Waals surface area contributed by atoms with E-state index in [1.165, 1.54) is 12.1 Å². The van der Waals surface area contributed by atoms with Crippen molar-refractivity contribution in [1.82, 2.24) is 9.97 Å². The van der Waals surface area contributed by atoms with E-state index < -0.39 is 23.5 Å². The number of aliphatic hydroxyl groups is 1. The summed E-state index contributed by atoms with van der Waals surface area (Å²) in [4.78, 5) is 8.62. The molecule has 3 aliphatic carbocycles.